The first-order valence-corrected chi connectivity index (χ1v) is 9.50. The highest BCUT2D eigenvalue weighted by Crippen LogP contribution is 2.30. The molecule has 1 aromatic rings. The number of alkyl halides is 3. The highest BCUT2D eigenvalue weighted by Gasteiger charge is 2.46. The lowest BCUT2D eigenvalue weighted by Gasteiger charge is -2.15. The van der Waals surface area contributed by atoms with Crippen molar-refractivity contribution >= 4 is 24.3 Å². The predicted molar refractivity (Wildman–Crippen MR) is 103 cm³/mol. The minimum atomic E-state index is -4.35. The number of fused-ring (bicyclic) bond motifs is 1. The molecule has 10 heteroatoms. The number of nitrogens with zero attached hydrogens (tertiary/aromatic N) is 2. The van der Waals surface area contributed by atoms with E-state index in [-0.39, 0.29) is 30.4 Å². The van der Waals surface area contributed by atoms with Crippen LogP contribution in [-0.4, -0.2) is 60.6 Å². The van der Waals surface area contributed by atoms with Crippen LogP contribution in [-0.2, 0) is 11.0 Å². The van der Waals surface area contributed by atoms with Crippen molar-refractivity contribution < 1.29 is 27.5 Å². The number of carbonyl (C=O) groups excluding carboxylic acids is 2. The average Bonchev–Trinajstić information content (AvgIpc) is 3.22. The van der Waals surface area contributed by atoms with Crippen molar-refractivity contribution in [1.29, 1.82) is 0 Å². The number of hydrogen-bond donors (Lipinski definition) is 1. The van der Waals surface area contributed by atoms with Gasteiger partial charge >= 0.3 is 12.2 Å². The highest BCUT2D eigenvalue weighted by molar-refractivity contribution is 6.04. The number of urea groups is 1. The first-order chi connectivity index (χ1) is 13.4. The summed E-state index contributed by atoms with van der Waals surface area (Å²) in [6.45, 7) is 2.71. The molecule has 3 rings (SSSR count). The second-order valence-corrected chi connectivity index (χ2v) is 6.95. The molecule has 3 amide bonds. The molecule has 0 radical (unpaired) electrons. The molecular weight excluding hydrogens is 411 g/mol. The lowest BCUT2D eigenvalue weighted by Crippen LogP contribution is -2.34. The lowest BCUT2D eigenvalue weighted by atomic mass is 10.2. The monoisotopic (exact) mass is 435 g/mol. The summed E-state index contributed by atoms with van der Waals surface area (Å²) in [5.41, 5.74) is -0.701. The molecule has 0 aromatic heterocycles. The Hall–Kier alpha value is -2.00. The zero-order valence-electron chi connectivity index (χ0n) is 15.9. The molecule has 6 nitrogen and oxygen atoms in total. The Morgan fingerprint density at radius 3 is 2.48 bits per heavy atom. The van der Waals surface area contributed by atoms with Crippen LogP contribution in [0.2, 0.25) is 0 Å². The Kier molecular flexibility index (Phi) is 8.15. The van der Waals surface area contributed by atoms with Gasteiger partial charge in [0.1, 0.15) is 18.4 Å². The first kappa shape index (κ1) is 23.3. The van der Waals surface area contributed by atoms with Crippen LogP contribution in [0.1, 0.15) is 31.2 Å². The van der Waals surface area contributed by atoms with Gasteiger partial charge in [0.15, 0.2) is 0 Å². The number of amides is 3. The molecule has 1 aromatic carbocycles. The summed E-state index contributed by atoms with van der Waals surface area (Å²) in [5, 5.41) is 3.18. The standard InChI is InChI=1S/C19H24F3N3O3.ClH/c20-19(21,22)14-5-7-15(8-6-14)28-13-10-23-9-1-2-11-25-17(26)16-4-3-12-24(16)18(25)27;/h5-8,16,23H,1-4,9-13H2;1H. The lowest BCUT2D eigenvalue weighted by molar-refractivity contribution is -0.137. The number of rotatable bonds is 9. The topological polar surface area (TPSA) is 61.9 Å². The molecular formula is C19H25ClF3N3O3. The molecule has 2 aliphatic heterocycles. The normalized spacial score (nSPS) is 18.8. The van der Waals surface area contributed by atoms with E-state index in [4.69, 9.17) is 4.74 Å². The minimum absolute atomic E-state index is 0. The third-order valence-electron chi connectivity index (χ3n) is 4.99. The number of hydrogen-bond acceptors (Lipinski definition) is 4. The van der Waals surface area contributed by atoms with Crippen LogP contribution in [0, 0.1) is 0 Å². The summed E-state index contributed by atoms with van der Waals surface area (Å²) < 4.78 is 42.8. The summed E-state index contributed by atoms with van der Waals surface area (Å²) in [4.78, 5) is 27.4. The Bertz CT molecular complexity index is 678. The zero-order chi connectivity index (χ0) is 20.1. The number of carbonyl (C=O) groups is 2. The van der Waals surface area contributed by atoms with E-state index in [2.05, 4.69) is 5.32 Å². The van der Waals surface area contributed by atoms with Crippen LogP contribution in [0.4, 0.5) is 18.0 Å². The van der Waals surface area contributed by atoms with Crippen LogP contribution >= 0.6 is 12.4 Å². The van der Waals surface area contributed by atoms with Crippen molar-refractivity contribution in [1.82, 2.24) is 15.1 Å². The largest absolute Gasteiger partial charge is 0.492 e. The molecule has 1 N–H and O–H groups in total. The van der Waals surface area contributed by atoms with Crippen molar-refractivity contribution in [2.75, 3.05) is 32.8 Å². The maximum Gasteiger partial charge on any atom is 0.416 e. The molecule has 0 saturated carbocycles. The van der Waals surface area contributed by atoms with E-state index in [1.807, 2.05) is 0 Å². The predicted octanol–water partition coefficient (Wildman–Crippen LogP) is 3.30. The molecule has 0 spiro atoms. The summed E-state index contributed by atoms with van der Waals surface area (Å²) in [6.07, 6.45) is -1.15. The van der Waals surface area contributed by atoms with E-state index in [1.54, 1.807) is 4.90 Å². The summed E-state index contributed by atoms with van der Waals surface area (Å²) in [7, 11) is 0. The Morgan fingerprint density at radius 1 is 1.10 bits per heavy atom. The second kappa shape index (κ2) is 10.2. The Labute approximate surface area is 173 Å². The molecule has 2 heterocycles. The van der Waals surface area contributed by atoms with E-state index in [0.717, 1.165) is 37.8 Å². The maximum absolute atomic E-state index is 12.5. The molecule has 1 atom stereocenters. The van der Waals surface area contributed by atoms with Gasteiger partial charge in [0, 0.05) is 19.6 Å². The Balaban J connectivity index is 0.00000300. The highest BCUT2D eigenvalue weighted by atomic mass is 35.5. The second-order valence-electron chi connectivity index (χ2n) is 6.95. The van der Waals surface area contributed by atoms with E-state index < -0.39 is 11.7 Å². The van der Waals surface area contributed by atoms with Gasteiger partial charge in [0.05, 0.1) is 5.56 Å². The SMILES string of the molecule is Cl.O=C1C2CCCN2C(=O)N1CCCCNCCOc1ccc(C(F)(F)F)cc1. The van der Waals surface area contributed by atoms with Crippen LogP contribution in [0.5, 0.6) is 5.75 Å². The molecule has 162 valence electrons. The third-order valence-corrected chi connectivity index (χ3v) is 4.99. The minimum Gasteiger partial charge on any atom is -0.492 e. The number of unbranched alkanes of at least 4 members (excludes halogenated alkanes) is 1. The van der Waals surface area contributed by atoms with Crippen LogP contribution < -0.4 is 10.1 Å². The van der Waals surface area contributed by atoms with E-state index in [0.29, 0.717) is 38.5 Å². The number of halogens is 4. The number of nitrogens with one attached hydrogen (secondary N) is 1. The average molecular weight is 436 g/mol. The third kappa shape index (κ3) is 5.76. The van der Waals surface area contributed by atoms with Crippen molar-refractivity contribution in [2.24, 2.45) is 0 Å². The van der Waals surface area contributed by atoms with Crippen molar-refractivity contribution in [3.8, 4) is 5.75 Å². The van der Waals surface area contributed by atoms with Gasteiger partial charge in [-0.25, -0.2) is 4.79 Å². The number of ether oxygens (including phenoxy) is 1. The fourth-order valence-corrected chi connectivity index (χ4v) is 3.51. The molecule has 2 aliphatic rings. The van der Waals surface area contributed by atoms with Crippen molar-refractivity contribution in [3.05, 3.63) is 29.8 Å². The maximum atomic E-state index is 12.5. The summed E-state index contributed by atoms with van der Waals surface area (Å²) in [5.74, 6) is 0.321. The van der Waals surface area contributed by atoms with Gasteiger partial charge in [-0.05, 0) is 56.5 Å². The molecule has 29 heavy (non-hydrogen) atoms. The fourth-order valence-electron chi connectivity index (χ4n) is 3.51. The number of benzene rings is 1. The molecule has 2 fully saturated rings. The van der Waals surface area contributed by atoms with E-state index in [9.17, 15) is 22.8 Å². The molecule has 0 bridgehead atoms. The smallest absolute Gasteiger partial charge is 0.416 e. The fraction of sp³-hybridized carbons (Fsp3) is 0.579. The van der Waals surface area contributed by atoms with Gasteiger partial charge in [-0.1, -0.05) is 0 Å². The Morgan fingerprint density at radius 2 is 1.83 bits per heavy atom. The van der Waals surface area contributed by atoms with Gasteiger partial charge in [-0.2, -0.15) is 13.2 Å². The van der Waals surface area contributed by atoms with Gasteiger partial charge in [0.25, 0.3) is 5.91 Å². The summed E-state index contributed by atoms with van der Waals surface area (Å²) >= 11 is 0. The summed E-state index contributed by atoms with van der Waals surface area (Å²) in [6, 6.07) is 4.19. The quantitative estimate of drug-likeness (QED) is 0.477. The van der Waals surface area contributed by atoms with Crippen molar-refractivity contribution in [2.45, 2.75) is 37.9 Å². The van der Waals surface area contributed by atoms with Gasteiger partial charge in [0.2, 0.25) is 0 Å². The molecule has 0 aliphatic carbocycles. The van der Waals surface area contributed by atoms with Crippen LogP contribution in [0.25, 0.3) is 0 Å². The zero-order valence-corrected chi connectivity index (χ0v) is 16.7. The van der Waals surface area contributed by atoms with Gasteiger partial charge in [-0.15, -0.1) is 12.4 Å². The molecule has 2 saturated heterocycles. The van der Waals surface area contributed by atoms with Gasteiger partial charge < -0.3 is 15.0 Å². The number of imide groups is 1. The van der Waals surface area contributed by atoms with Crippen LogP contribution in [0.15, 0.2) is 24.3 Å². The van der Waals surface area contributed by atoms with E-state index in [1.165, 1.54) is 17.0 Å². The first-order valence-electron chi connectivity index (χ1n) is 9.50. The van der Waals surface area contributed by atoms with Crippen LogP contribution in [0.3, 0.4) is 0 Å². The van der Waals surface area contributed by atoms with Crippen molar-refractivity contribution in [3.63, 3.8) is 0 Å². The van der Waals surface area contributed by atoms with Gasteiger partial charge in [-0.3, -0.25) is 9.69 Å². The van der Waals surface area contributed by atoms with E-state index >= 15 is 0 Å². The molecule has 1 unspecified atom stereocenters.